The van der Waals surface area contributed by atoms with Crippen molar-refractivity contribution < 1.29 is 13.1 Å². The van der Waals surface area contributed by atoms with Crippen molar-refractivity contribution in [3.63, 3.8) is 0 Å². The second-order valence-electron chi connectivity index (χ2n) is 7.09. The molecule has 0 saturated heterocycles. The van der Waals surface area contributed by atoms with Crippen molar-refractivity contribution in [2.24, 2.45) is 7.05 Å². The zero-order valence-corrected chi connectivity index (χ0v) is 15.5. The molecular weight excluding hydrogens is 332 g/mol. The summed E-state index contributed by atoms with van der Waals surface area (Å²) in [5.74, 6) is 0. The van der Waals surface area contributed by atoms with Gasteiger partial charge in [-0.15, -0.1) is 0 Å². The second kappa shape index (κ2) is 5.65. The number of rotatable bonds is 1. The summed E-state index contributed by atoms with van der Waals surface area (Å²) in [7, 11) is 1.91. The van der Waals surface area contributed by atoms with Crippen LogP contribution >= 0.6 is 0 Å². The molecule has 27 heavy (non-hydrogen) atoms. The number of furan rings is 1. The standard InChI is InChI=1S/C24H21N2O/c1-14-11-20-19-10-9-17-7-5-6-8-18(17)23(19)27-24(20)22(16(14)3)21-12-15(2)25-13-26(21)4/h5-13H,1-4H3/q+1/i1D3. The minimum Gasteiger partial charge on any atom is -0.455 e. The number of fused-ring (bicyclic) bond motifs is 5. The van der Waals surface area contributed by atoms with Gasteiger partial charge in [0.1, 0.15) is 16.9 Å². The molecule has 2 aromatic heterocycles. The highest BCUT2D eigenvalue weighted by molar-refractivity contribution is 6.17. The smallest absolute Gasteiger partial charge is 0.286 e. The summed E-state index contributed by atoms with van der Waals surface area (Å²) in [6, 6.07) is 15.9. The van der Waals surface area contributed by atoms with Crippen LogP contribution in [0.25, 0.3) is 44.0 Å². The van der Waals surface area contributed by atoms with Crippen molar-refractivity contribution in [1.29, 1.82) is 0 Å². The Morgan fingerprint density at radius 1 is 0.963 bits per heavy atom. The van der Waals surface area contributed by atoms with Crippen LogP contribution in [-0.4, -0.2) is 4.98 Å². The number of aromatic nitrogens is 2. The molecule has 132 valence electrons. The van der Waals surface area contributed by atoms with E-state index in [1.807, 2.05) is 61.9 Å². The largest absolute Gasteiger partial charge is 0.455 e. The van der Waals surface area contributed by atoms with E-state index in [1.165, 1.54) is 0 Å². The predicted molar refractivity (Wildman–Crippen MR) is 110 cm³/mol. The fourth-order valence-electron chi connectivity index (χ4n) is 3.86. The van der Waals surface area contributed by atoms with E-state index < -0.39 is 6.85 Å². The average molecular weight is 356 g/mol. The summed E-state index contributed by atoms with van der Waals surface area (Å²) in [6.45, 7) is 1.56. The number of nitrogens with zero attached hydrogens (tertiary/aromatic N) is 2. The van der Waals surface area contributed by atoms with Gasteiger partial charge in [0, 0.05) is 33.3 Å². The van der Waals surface area contributed by atoms with Gasteiger partial charge >= 0.3 is 0 Å². The Kier molecular flexibility index (Phi) is 2.73. The van der Waals surface area contributed by atoms with Gasteiger partial charge in [0.05, 0.1) is 12.6 Å². The van der Waals surface area contributed by atoms with Gasteiger partial charge in [0.15, 0.2) is 5.69 Å². The SMILES string of the molecule is [2H]C([2H])([2H])c1cc2c(oc3c4ccccc4ccc23)c(-c2cc(C)nc[n+]2C)c1C. The van der Waals surface area contributed by atoms with E-state index in [1.54, 1.807) is 12.4 Å². The first-order valence-corrected chi connectivity index (χ1v) is 8.96. The lowest BCUT2D eigenvalue weighted by molar-refractivity contribution is -0.663. The topological polar surface area (TPSA) is 29.9 Å². The zero-order valence-electron chi connectivity index (χ0n) is 18.5. The Morgan fingerprint density at radius 3 is 2.67 bits per heavy atom. The predicted octanol–water partition coefficient (Wildman–Crippen LogP) is 5.55. The highest BCUT2D eigenvalue weighted by Crippen LogP contribution is 2.40. The van der Waals surface area contributed by atoms with Crippen LogP contribution in [0.2, 0.25) is 0 Å². The molecule has 0 aliphatic rings. The van der Waals surface area contributed by atoms with Gasteiger partial charge in [-0.1, -0.05) is 35.3 Å². The zero-order chi connectivity index (χ0) is 21.2. The van der Waals surface area contributed by atoms with Crippen LogP contribution in [0.1, 0.15) is 20.9 Å². The van der Waals surface area contributed by atoms with Gasteiger partial charge in [-0.2, -0.15) is 0 Å². The molecule has 5 rings (SSSR count). The van der Waals surface area contributed by atoms with Crippen molar-refractivity contribution in [3.05, 3.63) is 71.7 Å². The minimum absolute atomic E-state index is 0.343. The molecule has 3 heteroatoms. The van der Waals surface area contributed by atoms with Gasteiger partial charge in [-0.3, -0.25) is 0 Å². The molecule has 0 atom stereocenters. The summed E-state index contributed by atoms with van der Waals surface area (Å²) in [4.78, 5) is 4.35. The minimum atomic E-state index is -2.23. The van der Waals surface area contributed by atoms with Crippen molar-refractivity contribution in [1.82, 2.24) is 4.98 Å². The second-order valence-corrected chi connectivity index (χ2v) is 7.09. The molecule has 0 fully saturated rings. The van der Waals surface area contributed by atoms with Crippen LogP contribution in [0.4, 0.5) is 0 Å². The van der Waals surface area contributed by atoms with E-state index in [9.17, 15) is 0 Å². The quantitative estimate of drug-likeness (QED) is 0.369. The van der Waals surface area contributed by atoms with Gasteiger partial charge in [0.2, 0.25) is 0 Å². The lowest BCUT2D eigenvalue weighted by Gasteiger charge is -2.10. The molecule has 3 aromatic carbocycles. The van der Waals surface area contributed by atoms with E-state index in [0.29, 0.717) is 16.7 Å². The highest BCUT2D eigenvalue weighted by Gasteiger charge is 2.21. The molecular formula is C24H21N2O+. The molecule has 3 nitrogen and oxygen atoms in total. The third kappa shape index (κ3) is 2.28. The maximum absolute atomic E-state index is 8.12. The Morgan fingerprint density at radius 2 is 1.81 bits per heavy atom. The number of hydrogen-bond acceptors (Lipinski definition) is 2. The number of hydrogen-bond donors (Lipinski definition) is 0. The number of benzene rings is 3. The first-order valence-electron chi connectivity index (χ1n) is 10.5. The molecule has 0 spiro atoms. The fraction of sp³-hybridized carbons (Fsp3) is 0.167. The van der Waals surface area contributed by atoms with E-state index in [-0.39, 0.29) is 0 Å². The van der Waals surface area contributed by atoms with Crippen LogP contribution in [0.3, 0.4) is 0 Å². The van der Waals surface area contributed by atoms with Crippen LogP contribution in [0.15, 0.2) is 59.3 Å². The Hall–Kier alpha value is -3.20. The molecule has 0 radical (unpaired) electrons. The molecule has 0 saturated carbocycles. The molecule has 0 bridgehead atoms. The third-order valence-electron chi connectivity index (χ3n) is 5.33. The maximum Gasteiger partial charge on any atom is 0.286 e. The lowest BCUT2D eigenvalue weighted by atomic mass is 9.96. The summed E-state index contributed by atoms with van der Waals surface area (Å²) in [6.07, 6.45) is 1.75. The van der Waals surface area contributed by atoms with Gasteiger partial charge < -0.3 is 4.42 Å². The number of aryl methyl sites for hydroxylation is 3. The molecule has 5 aromatic rings. The fourth-order valence-corrected chi connectivity index (χ4v) is 3.86. The Labute approximate surface area is 162 Å². The third-order valence-corrected chi connectivity index (χ3v) is 5.33. The summed E-state index contributed by atoms with van der Waals surface area (Å²) in [5.41, 5.74) is 5.05. The van der Waals surface area contributed by atoms with E-state index >= 15 is 0 Å². The van der Waals surface area contributed by atoms with Crippen molar-refractivity contribution in [3.8, 4) is 11.3 Å². The first kappa shape index (κ1) is 13.0. The summed E-state index contributed by atoms with van der Waals surface area (Å²) < 4.78 is 32.7. The Bertz CT molecular complexity index is 1470. The molecule has 0 N–H and O–H groups in total. The molecule has 2 heterocycles. The van der Waals surface area contributed by atoms with E-state index in [0.717, 1.165) is 44.1 Å². The summed E-state index contributed by atoms with van der Waals surface area (Å²) in [5, 5.41) is 3.84. The highest BCUT2D eigenvalue weighted by atomic mass is 16.3. The van der Waals surface area contributed by atoms with Crippen molar-refractivity contribution in [2.45, 2.75) is 20.7 Å². The van der Waals surface area contributed by atoms with Gasteiger partial charge in [-0.25, -0.2) is 4.57 Å². The first-order chi connectivity index (χ1) is 14.3. The molecule has 0 unspecified atom stereocenters. The van der Waals surface area contributed by atoms with Gasteiger partial charge in [0.25, 0.3) is 6.33 Å². The lowest BCUT2D eigenvalue weighted by Crippen LogP contribution is -2.31. The van der Waals surface area contributed by atoms with Crippen LogP contribution < -0.4 is 4.57 Å². The van der Waals surface area contributed by atoms with E-state index in [2.05, 4.69) is 11.1 Å². The normalized spacial score (nSPS) is 13.8. The summed E-state index contributed by atoms with van der Waals surface area (Å²) >= 11 is 0. The Balaban J connectivity index is 2.02. The van der Waals surface area contributed by atoms with Gasteiger partial charge in [-0.05, 0) is 42.4 Å². The average Bonchev–Trinajstić information content (AvgIpc) is 3.07. The van der Waals surface area contributed by atoms with Crippen LogP contribution in [0.5, 0.6) is 0 Å². The molecule has 0 aliphatic carbocycles. The molecule has 0 aliphatic heterocycles. The molecule has 0 amide bonds. The van der Waals surface area contributed by atoms with Crippen LogP contribution in [0, 0.1) is 20.7 Å². The van der Waals surface area contributed by atoms with E-state index in [4.69, 9.17) is 8.53 Å². The monoisotopic (exact) mass is 356 g/mol. The van der Waals surface area contributed by atoms with Crippen molar-refractivity contribution in [2.75, 3.05) is 0 Å². The van der Waals surface area contributed by atoms with Crippen LogP contribution in [-0.2, 0) is 7.05 Å². The maximum atomic E-state index is 8.12. The van der Waals surface area contributed by atoms with Crippen molar-refractivity contribution >= 4 is 32.7 Å².